The largest absolute Gasteiger partial charge is 0.286 e. The lowest BCUT2D eigenvalue weighted by atomic mass is 9.97. The SMILES string of the molecule is C1=Cc2ccc3ooc3c2CC1. The van der Waals surface area contributed by atoms with E-state index in [-0.39, 0.29) is 0 Å². The van der Waals surface area contributed by atoms with Crippen LogP contribution in [0.4, 0.5) is 0 Å². The highest BCUT2D eigenvalue weighted by atomic mass is 17.0. The van der Waals surface area contributed by atoms with E-state index in [1.54, 1.807) is 0 Å². The van der Waals surface area contributed by atoms with Crippen LogP contribution in [0.2, 0.25) is 0 Å². The van der Waals surface area contributed by atoms with E-state index in [1.807, 2.05) is 6.07 Å². The molecule has 0 unspecified atom stereocenters. The summed E-state index contributed by atoms with van der Waals surface area (Å²) in [7, 11) is 0. The van der Waals surface area contributed by atoms with Gasteiger partial charge in [0.1, 0.15) is 0 Å². The molecule has 2 heteroatoms. The quantitative estimate of drug-likeness (QED) is 0.554. The Balaban J connectivity index is 2.37. The van der Waals surface area contributed by atoms with E-state index in [4.69, 9.17) is 9.15 Å². The molecule has 1 aromatic carbocycles. The van der Waals surface area contributed by atoms with Gasteiger partial charge in [0, 0.05) is 5.56 Å². The van der Waals surface area contributed by atoms with E-state index >= 15 is 0 Å². The molecule has 0 N–H and O–H groups in total. The molecule has 0 amide bonds. The molecule has 12 heavy (non-hydrogen) atoms. The molecule has 1 heterocycles. The van der Waals surface area contributed by atoms with Crippen LogP contribution in [0.15, 0.2) is 27.4 Å². The van der Waals surface area contributed by atoms with Gasteiger partial charge in [-0.15, -0.1) is 0 Å². The molecule has 0 saturated heterocycles. The van der Waals surface area contributed by atoms with Gasteiger partial charge in [0.15, 0.2) is 0 Å². The number of aryl methyl sites for hydroxylation is 1. The maximum absolute atomic E-state index is 4.94. The highest BCUT2D eigenvalue weighted by Crippen LogP contribution is 2.29. The van der Waals surface area contributed by atoms with E-state index < -0.39 is 0 Å². The summed E-state index contributed by atoms with van der Waals surface area (Å²) in [6, 6.07) is 4.03. The lowest BCUT2D eigenvalue weighted by molar-refractivity contribution is 0.0580. The van der Waals surface area contributed by atoms with Gasteiger partial charge in [-0.05, 0) is 24.5 Å². The molecule has 0 saturated carbocycles. The first-order valence-corrected chi connectivity index (χ1v) is 4.12. The topological polar surface area (TPSA) is 26.3 Å². The van der Waals surface area contributed by atoms with Gasteiger partial charge in [0.2, 0.25) is 11.2 Å². The van der Waals surface area contributed by atoms with Crippen molar-refractivity contribution in [3.63, 3.8) is 0 Å². The highest BCUT2D eigenvalue weighted by Gasteiger charge is 2.14. The minimum Gasteiger partial charge on any atom is -0.286 e. The third-order valence-electron chi connectivity index (χ3n) is 2.33. The van der Waals surface area contributed by atoms with E-state index in [2.05, 4.69) is 18.2 Å². The lowest BCUT2D eigenvalue weighted by Gasteiger charge is -2.11. The summed E-state index contributed by atoms with van der Waals surface area (Å²) < 4.78 is 9.76. The maximum Gasteiger partial charge on any atom is 0.229 e. The maximum atomic E-state index is 4.94. The molecule has 1 aromatic heterocycles. The smallest absolute Gasteiger partial charge is 0.229 e. The Labute approximate surface area is 69.4 Å². The van der Waals surface area contributed by atoms with Crippen molar-refractivity contribution in [2.24, 2.45) is 0 Å². The molecular weight excluding hydrogens is 152 g/mol. The van der Waals surface area contributed by atoms with Gasteiger partial charge in [0.05, 0.1) is 0 Å². The molecule has 0 spiro atoms. The molecule has 2 nitrogen and oxygen atoms in total. The molecule has 1 aliphatic rings. The van der Waals surface area contributed by atoms with Gasteiger partial charge >= 0.3 is 0 Å². The van der Waals surface area contributed by atoms with Crippen molar-refractivity contribution in [3.05, 3.63) is 29.3 Å². The Morgan fingerprint density at radius 3 is 3.00 bits per heavy atom. The molecule has 3 rings (SSSR count). The van der Waals surface area contributed by atoms with Crippen molar-refractivity contribution in [1.82, 2.24) is 0 Å². The third kappa shape index (κ3) is 0.644. The zero-order valence-electron chi connectivity index (χ0n) is 6.54. The van der Waals surface area contributed by atoms with Crippen LogP contribution in [0.1, 0.15) is 17.5 Å². The Bertz CT molecular complexity index is 445. The van der Waals surface area contributed by atoms with Gasteiger partial charge in [-0.2, -0.15) is 0 Å². The second-order valence-electron chi connectivity index (χ2n) is 3.07. The summed E-state index contributed by atoms with van der Waals surface area (Å²) in [6.45, 7) is 0. The highest BCUT2D eigenvalue weighted by molar-refractivity contribution is 5.80. The summed E-state index contributed by atoms with van der Waals surface area (Å²) in [4.78, 5) is 0. The number of hydrogen-bond acceptors (Lipinski definition) is 2. The second kappa shape index (κ2) is 2.03. The van der Waals surface area contributed by atoms with Gasteiger partial charge < -0.3 is 0 Å². The predicted octanol–water partition coefficient (Wildman–Crippen LogP) is 2.99. The minimum absolute atomic E-state index is 0.879. The van der Waals surface area contributed by atoms with Crippen molar-refractivity contribution in [2.45, 2.75) is 12.8 Å². The van der Waals surface area contributed by atoms with E-state index in [0.29, 0.717) is 0 Å². The van der Waals surface area contributed by atoms with Crippen molar-refractivity contribution in [2.75, 3.05) is 0 Å². The van der Waals surface area contributed by atoms with Gasteiger partial charge in [-0.3, -0.25) is 9.15 Å². The van der Waals surface area contributed by atoms with Crippen molar-refractivity contribution < 1.29 is 9.15 Å². The fraction of sp³-hybridized carbons (Fsp3) is 0.200. The number of fused-ring (bicyclic) bond motifs is 3. The zero-order valence-corrected chi connectivity index (χ0v) is 6.54. The molecule has 0 aliphatic heterocycles. The first-order chi connectivity index (χ1) is 5.95. The molecule has 0 fully saturated rings. The summed E-state index contributed by atoms with van der Waals surface area (Å²) >= 11 is 0. The summed E-state index contributed by atoms with van der Waals surface area (Å²) in [5.74, 6) is 0. The zero-order chi connectivity index (χ0) is 7.97. The summed E-state index contributed by atoms with van der Waals surface area (Å²) in [6.07, 6.45) is 6.50. The third-order valence-corrected chi connectivity index (χ3v) is 2.33. The van der Waals surface area contributed by atoms with Crippen molar-refractivity contribution in [1.29, 1.82) is 0 Å². The lowest BCUT2D eigenvalue weighted by Crippen LogP contribution is -1.96. The molecular formula is C10H8O2. The number of benzene rings is 1. The van der Waals surface area contributed by atoms with Crippen LogP contribution in [0.3, 0.4) is 0 Å². The molecule has 60 valence electrons. The average molecular weight is 160 g/mol. The van der Waals surface area contributed by atoms with E-state index in [1.165, 1.54) is 11.1 Å². The summed E-state index contributed by atoms with van der Waals surface area (Å²) in [5, 5.41) is 0. The fourth-order valence-corrected chi connectivity index (χ4v) is 1.68. The number of hydrogen-bond donors (Lipinski definition) is 0. The molecule has 2 aromatic rings. The molecule has 0 bridgehead atoms. The van der Waals surface area contributed by atoms with Crippen LogP contribution in [-0.2, 0) is 6.42 Å². The Morgan fingerprint density at radius 2 is 2.17 bits per heavy atom. The Kier molecular flexibility index (Phi) is 1.04. The van der Waals surface area contributed by atoms with Crippen LogP contribution in [0.5, 0.6) is 0 Å². The van der Waals surface area contributed by atoms with Crippen LogP contribution >= 0.6 is 0 Å². The fourth-order valence-electron chi connectivity index (χ4n) is 1.68. The van der Waals surface area contributed by atoms with Gasteiger partial charge in [-0.25, -0.2) is 0 Å². The van der Waals surface area contributed by atoms with Crippen LogP contribution in [-0.4, -0.2) is 0 Å². The first-order valence-electron chi connectivity index (χ1n) is 4.12. The molecule has 0 atom stereocenters. The van der Waals surface area contributed by atoms with E-state index in [0.717, 1.165) is 24.0 Å². The standard InChI is InChI=1S/C10H8O2/c1-2-4-8-7(3-1)5-6-9-10(8)12-11-9/h1,3,5-6H,2,4H2. The monoisotopic (exact) mass is 160 g/mol. The molecule has 0 radical (unpaired) electrons. The van der Waals surface area contributed by atoms with Gasteiger partial charge in [0.25, 0.3) is 0 Å². The normalized spacial score (nSPS) is 15.3. The summed E-state index contributed by atoms with van der Waals surface area (Å²) in [5.41, 5.74) is 4.38. The van der Waals surface area contributed by atoms with E-state index in [9.17, 15) is 0 Å². The second-order valence-corrected chi connectivity index (χ2v) is 3.07. The number of allylic oxidation sites excluding steroid dienone is 1. The van der Waals surface area contributed by atoms with Crippen molar-refractivity contribution in [3.8, 4) is 0 Å². The van der Waals surface area contributed by atoms with Crippen LogP contribution in [0.25, 0.3) is 17.2 Å². The van der Waals surface area contributed by atoms with Crippen LogP contribution < -0.4 is 0 Å². The molecule has 1 aliphatic carbocycles. The predicted molar refractivity (Wildman–Crippen MR) is 45.8 cm³/mol. The Morgan fingerprint density at radius 1 is 1.17 bits per heavy atom. The Hall–Kier alpha value is -1.44. The van der Waals surface area contributed by atoms with Crippen LogP contribution in [0, 0.1) is 0 Å². The minimum atomic E-state index is 0.879. The van der Waals surface area contributed by atoms with Gasteiger partial charge in [-0.1, -0.05) is 18.2 Å². The number of rotatable bonds is 0. The first kappa shape index (κ1) is 6.12. The average Bonchev–Trinajstić information content (AvgIpc) is 2.05. The van der Waals surface area contributed by atoms with Crippen molar-refractivity contribution >= 4 is 17.2 Å².